The normalized spacial score (nSPS) is 11.9. The maximum Gasteiger partial charge on any atom is 0.474 e. The van der Waals surface area contributed by atoms with Gasteiger partial charge in [-0.2, -0.15) is 0 Å². The van der Waals surface area contributed by atoms with Crippen molar-refractivity contribution in [1.82, 2.24) is 0 Å². The smallest absolute Gasteiger partial charge is 0.328 e. The van der Waals surface area contributed by atoms with E-state index in [2.05, 4.69) is 0 Å². The first-order valence-electron chi connectivity index (χ1n) is 4.62. The van der Waals surface area contributed by atoms with Crippen LogP contribution in [0, 0.1) is 0 Å². The monoisotopic (exact) mass is 226 g/mol. The van der Waals surface area contributed by atoms with Crippen molar-refractivity contribution >= 4 is 7.82 Å². The van der Waals surface area contributed by atoms with E-state index < -0.39 is 7.82 Å². The first kappa shape index (κ1) is 14.0. The van der Waals surface area contributed by atoms with Crippen LogP contribution in [0.1, 0.15) is 13.3 Å². The Bertz CT molecular complexity index is 151. The van der Waals surface area contributed by atoms with Crippen LogP contribution in [0.25, 0.3) is 0 Å². The highest BCUT2D eigenvalue weighted by atomic mass is 31.2. The van der Waals surface area contributed by atoms with Gasteiger partial charge in [0.2, 0.25) is 0 Å². The Hall–Kier alpha value is 0.0300. The van der Waals surface area contributed by atoms with Crippen molar-refractivity contribution in [2.45, 2.75) is 13.3 Å². The molecule has 0 saturated heterocycles. The minimum absolute atomic E-state index is 0.144. The standard InChI is InChI=1S/C7H19N2O4P/c1-2-5-11-14(10,12-6-3-8)13-7-4-9/h2-9H2,1H3. The minimum Gasteiger partial charge on any atom is -0.328 e. The van der Waals surface area contributed by atoms with Crippen LogP contribution in [-0.4, -0.2) is 32.9 Å². The minimum atomic E-state index is -3.43. The molecule has 86 valence electrons. The molecule has 0 rings (SSSR count). The lowest BCUT2D eigenvalue weighted by atomic mass is 10.5. The number of phosphoric acid groups is 1. The molecular weight excluding hydrogens is 207 g/mol. The first-order chi connectivity index (χ1) is 6.68. The summed E-state index contributed by atoms with van der Waals surface area (Å²) < 4.78 is 26.5. The Morgan fingerprint density at radius 2 is 1.43 bits per heavy atom. The van der Waals surface area contributed by atoms with Gasteiger partial charge in [-0.3, -0.25) is 13.6 Å². The summed E-state index contributed by atoms with van der Waals surface area (Å²) in [5, 5.41) is 0. The SMILES string of the molecule is CCCOP(=O)(OCCN)OCCN. The van der Waals surface area contributed by atoms with Gasteiger partial charge in [0.25, 0.3) is 0 Å². The summed E-state index contributed by atoms with van der Waals surface area (Å²) in [5.74, 6) is 0. The van der Waals surface area contributed by atoms with Crippen LogP contribution in [0.15, 0.2) is 0 Å². The van der Waals surface area contributed by atoms with E-state index in [1.54, 1.807) is 0 Å². The van der Waals surface area contributed by atoms with Crippen LogP contribution in [0.4, 0.5) is 0 Å². The van der Waals surface area contributed by atoms with Crippen molar-refractivity contribution in [3.63, 3.8) is 0 Å². The second-order valence-electron chi connectivity index (χ2n) is 2.52. The molecule has 0 fully saturated rings. The molecule has 0 aliphatic carbocycles. The fourth-order valence-corrected chi connectivity index (χ4v) is 1.93. The van der Waals surface area contributed by atoms with Crippen molar-refractivity contribution < 1.29 is 18.1 Å². The lowest BCUT2D eigenvalue weighted by Crippen LogP contribution is -2.13. The predicted octanol–water partition coefficient (Wildman–Crippen LogP) is 0.472. The van der Waals surface area contributed by atoms with E-state index >= 15 is 0 Å². The van der Waals surface area contributed by atoms with E-state index in [9.17, 15) is 4.57 Å². The predicted molar refractivity (Wildman–Crippen MR) is 53.9 cm³/mol. The quantitative estimate of drug-likeness (QED) is 0.555. The number of nitrogens with two attached hydrogens (primary N) is 2. The Kier molecular flexibility index (Phi) is 8.37. The van der Waals surface area contributed by atoms with Crippen LogP contribution >= 0.6 is 7.82 Å². The third-order valence-corrected chi connectivity index (χ3v) is 2.68. The third-order valence-electron chi connectivity index (χ3n) is 1.19. The van der Waals surface area contributed by atoms with E-state index in [0.29, 0.717) is 6.61 Å². The molecule has 0 aromatic rings. The zero-order valence-electron chi connectivity index (χ0n) is 8.48. The number of rotatable bonds is 9. The lowest BCUT2D eigenvalue weighted by molar-refractivity contribution is 0.118. The van der Waals surface area contributed by atoms with Gasteiger partial charge in [-0.15, -0.1) is 0 Å². The average Bonchev–Trinajstić information content (AvgIpc) is 2.21. The molecule has 0 radical (unpaired) electrons. The Morgan fingerprint density at radius 1 is 1.00 bits per heavy atom. The molecule has 4 N–H and O–H groups in total. The summed E-state index contributed by atoms with van der Waals surface area (Å²) in [7, 11) is -3.43. The van der Waals surface area contributed by atoms with Gasteiger partial charge in [-0.05, 0) is 6.42 Å². The van der Waals surface area contributed by atoms with E-state index in [0.717, 1.165) is 6.42 Å². The molecule has 0 aliphatic rings. The molecule has 0 unspecified atom stereocenters. The Labute approximate surface area is 84.5 Å². The summed E-state index contributed by atoms with van der Waals surface area (Å²) in [6.45, 7) is 3.05. The fraction of sp³-hybridized carbons (Fsp3) is 1.00. The molecule has 0 aliphatic heterocycles. The van der Waals surface area contributed by atoms with Crippen LogP contribution in [0.2, 0.25) is 0 Å². The van der Waals surface area contributed by atoms with E-state index in [1.165, 1.54) is 0 Å². The van der Waals surface area contributed by atoms with Crippen LogP contribution in [-0.2, 0) is 18.1 Å². The van der Waals surface area contributed by atoms with Crippen LogP contribution < -0.4 is 11.5 Å². The maximum atomic E-state index is 11.7. The molecule has 0 atom stereocenters. The van der Waals surface area contributed by atoms with Gasteiger partial charge < -0.3 is 11.5 Å². The zero-order chi connectivity index (χ0) is 10.9. The van der Waals surface area contributed by atoms with Crippen molar-refractivity contribution in [3.8, 4) is 0 Å². The Balaban J connectivity index is 3.97. The lowest BCUT2D eigenvalue weighted by Gasteiger charge is -2.16. The largest absolute Gasteiger partial charge is 0.474 e. The average molecular weight is 226 g/mol. The van der Waals surface area contributed by atoms with E-state index in [4.69, 9.17) is 25.0 Å². The summed E-state index contributed by atoms with van der Waals surface area (Å²) in [4.78, 5) is 0. The van der Waals surface area contributed by atoms with Crippen molar-refractivity contribution in [3.05, 3.63) is 0 Å². The molecule has 0 saturated carbocycles. The molecule has 14 heavy (non-hydrogen) atoms. The van der Waals surface area contributed by atoms with Gasteiger partial charge in [0.15, 0.2) is 0 Å². The highest BCUT2D eigenvalue weighted by Gasteiger charge is 2.25. The number of hydrogen-bond donors (Lipinski definition) is 2. The molecule has 0 spiro atoms. The Morgan fingerprint density at radius 3 is 1.79 bits per heavy atom. The van der Waals surface area contributed by atoms with Gasteiger partial charge in [-0.1, -0.05) is 6.92 Å². The number of phosphoric ester groups is 1. The fourth-order valence-electron chi connectivity index (χ4n) is 0.644. The van der Waals surface area contributed by atoms with Gasteiger partial charge in [-0.25, -0.2) is 4.57 Å². The molecular formula is C7H19N2O4P. The zero-order valence-corrected chi connectivity index (χ0v) is 9.37. The van der Waals surface area contributed by atoms with Gasteiger partial charge in [0.05, 0.1) is 19.8 Å². The van der Waals surface area contributed by atoms with Gasteiger partial charge in [0, 0.05) is 13.1 Å². The van der Waals surface area contributed by atoms with Gasteiger partial charge in [0.1, 0.15) is 0 Å². The summed E-state index contributed by atoms with van der Waals surface area (Å²) >= 11 is 0. The molecule has 0 aromatic heterocycles. The molecule has 7 heteroatoms. The van der Waals surface area contributed by atoms with Crippen molar-refractivity contribution in [2.24, 2.45) is 11.5 Å². The molecule has 0 aromatic carbocycles. The van der Waals surface area contributed by atoms with Crippen LogP contribution in [0.3, 0.4) is 0 Å². The second kappa shape index (κ2) is 8.35. The van der Waals surface area contributed by atoms with Crippen LogP contribution in [0.5, 0.6) is 0 Å². The number of hydrogen-bond acceptors (Lipinski definition) is 6. The first-order valence-corrected chi connectivity index (χ1v) is 6.08. The third kappa shape index (κ3) is 6.48. The van der Waals surface area contributed by atoms with Gasteiger partial charge >= 0.3 is 7.82 Å². The molecule has 0 bridgehead atoms. The second-order valence-corrected chi connectivity index (χ2v) is 4.19. The topological polar surface area (TPSA) is 96.8 Å². The van der Waals surface area contributed by atoms with Crippen molar-refractivity contribution in [2.75, 3.05) is 32.9 Å². The summed E-state index contributed by atoms with van der Waals surface area (Å²) in [5.41, 5.74) is 10.4. The van der Waals surface area contributed by atoms with E-state index in [-0.39, 0.29) is 26.3 Å². The van der Waals surface area contributed by atoms with E-state index in [1.807, 2.05) is 6.92 Å². The molecule has 0 heterocycles. The van der Waals surface area contributed by atoms with Crippen molar-refractivity contribution in [1.29, 1.82) is 0 Å². The highest BCUT2D eigenvalue weighted by Crippen LogP contribution is 2.49. The molecule has 0 amide bonds. The summed E-state index contributed by atoms with van der Waals surface area (Å²) in [6.07, 6.45) is 0.738. The summed E-state index contributed by atoms with van der Waals surface area (Å²) in [6, 6.07) is 0. The highest BCUT2D eigenvalue weighted by molar-refractivity contribution is 7.48. The maximum absolute atomic E-state index is 11.7. The molecule has 6 nitrogen and oxygen atoms in total.